The summed E-state index contributed by atoms with van der Waals surface area (Å²) >= 11 is 0. The van der Waals surface area contributed by atoms with Crippen LogP contribution in [-0.2, 0) is 0 Å². The predicted molar refractivity (Wildman–Crippen MR) is 88.3 cm³/mol. The van der Waals surface area contributed by atoms with Gasteiger partial charge >= 0.3 is 0 Å². The first kappa shape index (κ1) is 15.9. The first-order chi connectivity index (χ1) is 11.7. The number of nitrogens with zero attached hydrogens (tertiary/aromatic N) is 2. The van der Waals surface area contributed by atoms with Gasteiger partial charge in [-0.15, -0.1) is 5.11 Å². The molecule has 1 N–H and O–H groups in total. The molecule has 0 fully saturated rings. The van der Waals surface area contributed by atoms with Crippen molar-refractivity contribution in [3.8, 4) is 5.75 Å². The van der Waals surface area contributed by atoms with E-state index >= 15 is 0 Å². The van der Waals surface area contributed by atoms with Gasteiger partial charge in [-0.05, 0) is 30.7 Å². The monoisotopic (exact) mass is 323 g/mol. The molecule has 0 radical (unpaired) electrons. The van der Waals surface area contributed by atoms with Crippen molar-refractivity contribution in [1.29, 1.82) is 0 Å². The molecule has 1 aliphatic rings. The van der Waals surface area contributed by atoms with E-state index in [0.717, 1.165) is 5.56 Å². The van der Waals surface area contributed by atoms with E-state index in [0.29, 0.717) is 23.5 Å². The zero-order valence-corrected chi connectivity index (χ0v) is 13.2. The van der Waals surface area contributed by atoms with Crippen LogP contribution in [0.3, 0.4) is 0 Å². The van der Waals surface area contributed by atoms with Crippen LogP contribution in [0.2, 0.25) is 0 Å². The van der Waals surface area contributed by atoms with Crippen LogP contribution in [0.15, 0.2) is 58.8 Å². The van der Waals surface area contributed by atoms with Crippen LogP contribution < -0.4 is 10.1 Å². The van der Waals surface area contributed by atoms with Gasteiger partial charge in [-0.25, -0.2) is 0 Å². The second kappa shape index (κ2) is 7.04. The molecule has 0 aromatic heterocycles. The van der Waals surface area contributed by atoms with Crippen molar-refractivity contribution < 1.29 is 14.3 Å². The van der Waals surface area contributed by atoms with Crippen molar-refractivity contribution in [1.82, 2.24) is 5.32 Å². The molecule has 1 aliphatic heterocycles. The number of para-hydroxylation sites is 1. The largest absolute Gasteiger partial charge is 0.493 e. The summed E-state index contributed by atoms with van der Waals surface area (Å²) < 4.78 is 5.47. The number of rotatable bonds is 5. The highest BCUT2D eigenvalue weighted by Crippen LogP contribution is 2.27. The van der Waals surface area contributed by atoms with E-state index in [2.05, 4.69) is 15.5 Å². The number of benzene rings is 2. The van der Waals surface area contributed by atoms with Crippen molar-refractivity contribution >= 4 is 11.8 Å². The zero-order chi connectivity index (χ0) is 16.9. The van der Waals surface area contributed by atoms with E-state index in [1.807, 2.05) is 25.1 Å². The Kier molecular flexibility index (Phi) is 4.65. The minimum Gasteiger partial charge on any atom is -0.493 e. The second-order valence-electron chi connectivity index (χ2n) is 5.26. The first-order valence-electron chi connectivity index (χ1n) is 7.75. The van der Waals surface area contributed by atoms with Gasteiger partial charge in [0.25, 0.3) is 11.8 Å². The summed E-state index contributed by atoms with van der Waals surface area (Å²) in [5.41, 5.74) is 1.77. The Balaban J connectivity index is 1.74. The molecule has 0 aliphatic carbocycles. The van der Waals surface area contributed by atoms with Gasteiger partial charge in [0.1, 0.15) is 11.8 Å². The molecule has 2 amide bonds. The molecular formula is C18H17N3O3. The molecule has 6 heteroatoms. The second-order valence-corrected chi connectivity index (χ2v) is 5.26. The van der Waals surface area contributed by atoms with Crippen LogP contribution in [-0.4, -0.2) is 25.0 Å². The van der Waals surface area contributed by atoms with Gasteiger partial charge in [0.05, 0.1) is 12.2 Å². The minimum absolute atomic E-state index is 0.247. The van der Waals surface area contributed by atoms with Crippen LogP contribution in [0.5, 0.6) is 5.75 Å². The average Bonchev–Trinajstić information content (AvgIpc) is 2.62. The number of carbonyl (C=O) groups is 2. The van der Waals surface area contributed by atoms with Gasteiger partial charge in [-0.3, -0.25) is 9.59 Å². The molecule has 0 saturated carbocycles. The summed E-state index contributed by atoms with van der Waals surface area (Å²) in [6, 6.07) is 13.9. The molecule has 122 valence electrons. The topological polar surface area (TPSA) is 80.1 Å². The van der Waals surface area contributed by atoms with Gasteiger partial charge in [-0.2, -0.15) is 5.11 Å². The Labute approximate surface area is 139 Å². The number of amides is 2. The third kappa shape index (κ3) is 3.17. The van der Waals surface area contributed by atoms with Gasteiger partial charge < -0.3 is 10.1 Å². The predicted octanol–water partition coefficient (Wildman–Crippen LogP) is 3.16. The van der Waals surface area contributed by atoms with Crippen LogP contribution in [0.1, 0.15) is 39.2 Å². The maximum atomic E-state index is 12.4. The fourth-order valence-corrected chi connectivity index (χ4v) is 2.59. The van der Waals surface area contributed by atoms with Crippen molar-refractivity contribution in [2.45, 2.75) is 13.0 Å². The summed E-state index contributed by atoms with van der Waals surface area (Å²) in [6.07, 6.45) is 0. The van der Waals surface area contributed by atoms with Crippen molar-refractivity contribution in [3.05, 3.63) is 65.2 Å². The Morgan fingerprint density at radius 3 is 2.75 bits per heavy atom. The normalized spacial score (nSPS) is 15.7. The van der Waals surface area contributed by atoms with E-state index in [1.54, 1.807) is 30.3 Å². The summed E-state index contributed by atoms with van der Waals surface area (Å²) in [7, 11) is 0. The SMILES string of the molecule is CCOc1ccccc1C(=O)NCC1N=NC(=O)c2ccccc21. The molecule has 1 atom stereocenters. The van der Waals surface area contributed by atoms with E-state index < -0.39 is 0 Å². The molecule has 3 rings (SSSR count). The van der Waals surface area contributed by atoms with E-state index in [-0.39, 0.29) is 24.4 Å². The van der Waals surface area contributed by atoms with Gasteiger partial charge in [0.2, 0.25) is 0 Å². The summed E-state index contributed by atoms with van der Waals surface area (Å²) in [6.45, 7) is 2.61. The lowest BCUT2D eigenvalue weighted by atomic mass is 9.99. The smallest absolute Gasteiger partial charge is 0.295 e. The third-order valence-electron chi connectivity index (χ3n) is 3.73. The molecule has 1 unspecified atom stereocenters. The number of nitrogens with one attached hydrogen (secondary N) is 1. The molecular weight excluding hydrogens is 306 g/mol. The maximum absolute atomic E-state index is 12.4. The van der Waals surface area contributed by atoms with Crippen molar-refractivity contribution in [2.24, 2.45) is 10.2 Å². The summed E-state index contributed by atoms with van der Waals surface area (Å²) in [4.78, 5) is 24.2. The van der Waals surface area contributed by atoms with Crippen LogP contribution in [0.25, 0.3) is 0 Å². The lowest BCUT2D eigenvalue weighted by molar-refractivity contribution is 0.0947. The van der Waals surface area contributed by atoms with E-state index in [4.69, 9.17) is 4.74 Å². The number of azo groups is 1. The fourth-order valence-electron chi connectivity index (χ4n) is 2.59. The van der Waals surface area contributed by atoms with Gasteiger partial charge in [0, 0.05) is 12.1 Å². The molecule has 6 nitrogen and oxygen atoms in total. The number of ether oxygens (including phenoxy) is 1. The lowest BCUT2D eigenvalue weighted by Gasteiger charge is -2.18. The highest BCUT2D eigenvalue weighted by atomic mass is 16.5. The Bertz CT molecular complexity index is 802. The molecule has 0 spiro atoms. The van der Waals surface area contributed by atoms with E-state index in [1.165, 1.54) is 0 Å². The minimum atomic E-state index is -0.373. The first-order valence-corrected chi connectivity index (χ1v) is 7.75. The third-order valence-corrected chi connectivity index (χ3v) is 3.73. The Hall–Kier alpha value is -3.02. The number of carbonyl (C=O) groups excluding carboxylic acids is 2. The molecule has 2 aromatic rings. The molecule has 1 heterocycles. The van der Waals surface area contributed by atoms with Crippen molar-refractivity contribution in [2.75, 3.05) is 13.2 Å². The molecule has 0 bridgehead atoms. The molecule has 2 aromatic carbocycles. The fraction of sp³-hybridized carbons (Fsp3) is 0.222. The van der Waals surface area contributed by atoms with Crippen molar-refractivity contribution in [3.63, 3.8) is 0 Å². The maximum Gasteiger partial charge on any atom is 0.295 e. The Morgan fingerprint density at radius 1 is 1.17 bits per heavy atom. The average molecular weight is 323 g/mol. The van der Waals surface area contributed by atoms with Gasteiger partial charge in [-0.1, -0.05) is 30.3 Å². The summed E-state index contributed by atoms with van der Waals surface area (Å²) in [5.74, 6) is -0.0585. The zero-order valence-electron chi connectivity index (χ0n) is 13.2. The molecule has 24 heavy (non-hydrogen) atoms. The van der Waals surface area contributed by atoms with Gasteiger partial charge in [0.15, 0.2) is 0 Å². The van der Waals surface area contributed by atoms with E-state index in [9.17, 15) is 9.59 Å². The highest BCUT2D eigenvalue weighted by molar-refractivity contribution is 5.98. The van der Waals surface area contributed by atoms with Crippen LogP contribution in [0.4, 0.5) is 0 Å². The lowest BCUT2D eigenvalue weighted by Crippen LogP contribution is -2.29. The highest BCUT2D eigenvalue weighted by Gasteiger charge is 2.24. The standard InChI is InChI=1S/C18H17N3O3/c1-2-24-16-10-6-5-9-14(16)17(22)19-11-15-12-7-3-4-8-13(12)18(23)21-20-15/h3-10,15H,2,11H2,1H3,(H,19,22). The summed E-state index contributed by atoms with van der Waals surface area (Å²) in [5, 5.41) is 10.5. The Morgan fingerprint density at radius 2 is 1.92 bits per heavy atom. The quantitative estimate of drug-likeness (QED) is 0.917. The number of fused-ring (bicyclic) bond motifs is 1. The number of hydrogen-bond donors (Lipinski definition) is 1. The van der Waals surface area contributed by atoms with Crippen LogP contribution >= 0.6 is 0 Å². The van der Waals surface area contributed by atoms with Crippen LogP contribution in [0, 0.1) is 0 Å². The number of hydrogen-bond acceptors (Lipinski definition) is 4. The molecule has 0 saturated heterocycles.